The van der Waals surface area contributed by atoms with Gasteiger partial charge < -0.3 is 11.1 Å². The van der Waals surface area contributed by atoms with Crippen molar-refractivity contribution < 1.29 is 9.18 Å². The lowest BCUT2D eigenvalue weighted by Crippen LogP contribution is -2.23. The monoisotopic (exact) mass is 286 g/mol. The van der Waals surface area contributed by atoms with Crippen LogP contribution in [0.25, 0.3) is 0 Å². The Balaban J connectivity index is 2.11. The molecule has 0 unspecified atom stereocenters. The zero-order valence-corrected chi connectivity index (χ0v) is 12.5. The Labute approximate surface area is 124 Å². The van der Waals surface area contributed by atoms with Crippen molar-refractivity contribution in [2.24, 2.45) is 0 Å². The first-order valence-electron chi connectivity index (χ1n) is 6.78. The van der Waals surface area contributed by atoms with Gasteiger partial charge in [0.05, 0.1) is 0 Å². The highest BCUT2D eigenvalue weighted by molar-refractivity contribution is 5.95. The van der Waals surface area contributed by atoms with Gasteiger partial charge in [-0.15, -0.1) is 0 Å². The van der Waals surface area contributed by atoms with Crippen LogP contribution >= 0.6 is 0 Å². The van der Waals surface area contributed by atoms with Crippen LogP contribution in [0.5, 0.6) is 0 Å². The molecule has 4 heteroatoms. The summed E-state index contributed by atoms with van der Waals surface area (Å²) < 4.78 is 13.6. The van der Waals surface area contributed by atoms with Crippen molar-refractivity contribution in [3.63, 3.8) is 0 Å². The Morgan fingerprint density at radius 1 is 1.10 bits per heavy atom. The predicted octanol–water partition coefficient (Wildman–Crippen LogP) is 3.26. The molecule has 0 bridgehead atoms. The van der Waals surface area contributed by atoms with Crippen molar-refractivity contribution in [1.29, 1.82) is 0 Å². The van der Waals surface area contributed by atoms with Crippen LogP contribution in [0.1, 0.15) is 32.6 Å². The number of nitrogens with two attached hydrogens (primary N) is 1. The summed E-state index contributed by atoms with van der Waals surface area (Å²) >= 11 is 0. The number of rotatable bonds is 3. The lowest BCUT2D eigenvalue weighted by molar-refractivity contribution is 0.0951. The molecule has 0 aliphatic rings. The van der Waals surface area contributed by atoms with E-state index in [1.165, 1.54) is 0 Å². The molecule has 0 aromatic heterocycles. The van der Waals surface area contributed by atoms with Gasteiger partial charge in [0.15, 0.2) is 0 Å². The van der Waals surface area contributed by atoms with Crippen LogP contribution < -0.4 is 11.1 Å². The van der Waals surface area contributed by atoms with E-state index >= 15 is 0 Å². The molecule has 110 valence electrons. The Bertz CT molecular complexity index is 652. The molecule has 0 fully saturated rings. The van der Waals surface area contributed by atoms with Gasteiger partial charge in [-0.1, -0.05) is 12.1 Å². The molecule has 1 amide bonds. The minimum absolute atomic E-state index is 0.190. The van der Waals surface area contributed by atoms with Gasteiger partial charge in [0.1, 0.15) is 5.82 Å². The summed E-state index contributed by atoms with van der Waals surface area (Å²) in [5, 5.41) is 2.83. The number of aryl methyl sites for hydroxylation is 3. The maximum atomic E-state index is 13.6. The molecule has 2 aromatic rings. The Hall–Kier alpha value is -2.36. The molecule has 21 heavy (non-hydrogen) atoms. The Kier molecular flexibility index (Phi) is 4.26. The molecule has 0 aliphatic heterocycles. The van der Waals surface area contributed by atoms with Crippen molar-refractivity contribution in [1.82, 2.24) is 5.32 Å². The quantitative estimate of drug-likeness (QED) is 0.851. The first-order chi connectivity index (χ1) is 9.86. The van der Waals surface area contributed by atoms with Gasteiger partial charge in [-0.05, 0) is 61.2 Å². The Morgan fingerprint density at radius 2 is 1.71 bits per heavy atom. The second-order valence-electron chi connectivity index (χ2n) is 5.36. The molecule has 2 aromatic carbocycles. The lowest BCUT2D eigenvalue weighted by atomic mass is 10.1. The fraction of sp³-hybridized carbons (Fsp3) is 0.235. The van der Waals surface area contributed by atoms with E-state index in [0.29, 0.717) is 28.9 Å². The number of nitrogens with one attached hydrogen (secondary N) is 1. The number of hydrogen-bond donors (Lipinski definition) is 2. The SMILES string of the molecule is Cc1cc(N)cc(C(=O)NCc2cc(C)c(F)c(C)c2)c1. The summed E-state index contributed by atoms with van der Waals surface area (Å²) in [4.78, 5) is 12.1. The zero-order valence-electron chi connectivity index (χ0n) is 12.5. The van der Waals surface area contributed by atoms with Crippen LogP contribution in [0.15, 0.2) is 30.3 Å². The first-order valence-corrected chi connectivity index (χ1v) is 6.78. The van der Waals surface area contributed by atoms with Crippen LogP contribution in [0, 0.1) is 26.6 Å². The number of anilines is 1. The van der Waals surface area contributed by atoms with E-state index in [2.05, 4.69) is 5.32 Å². The van der Waals surface area contributed by atoms with Gasteiger partial charge in [-0.25, -0.2) is 4.39 Å². The van der Waals surface area contributed by atoms with E-state index < -0.39 is 0 Å². The van der Waals surface area contributed by atoms with Crippen LogP contribution in [-0.2, 0) is 6.54 Å². The highest BCUT2D eigenvalue weighted by Crippen LogP contribution is 2.15. The molecule has 2 rings (SSSR count). The molecule has 0 saturated heterocycles. The van der Waals surface area contributed by atoms with Crippen molar-refractivity contribution >= 4 is 11.6 Å². The van der Waals surface area contributed by atoms with Gasteiger partial charge in [-0.2, -0.15) is 0 Å². The smallest absolute Gasteiger partial charge is 0.251 e. The third-order valence-electron chi connectivity index (χ3n) is 3.31. The summed E-state index contributed by atoms with van der Waals surface area (Å²) in [6.07, 6.45) is 0. The summed E-state index contributed by atoms with van der Waals surface area (Å²) in [6.45, 7) is 5.68. The minimum Gasteiger partial charge on any atom is -0.399 e. The summed E-state index contributed by atoms with van der Waals surface area (Å²) in [5.74, 6) is -0.387. The van der Waals surface area contributed by atoms with E-state index in [1.807, 2.05) is 13.0 Å². The molecular formula is C17H19FN2O. The van der Waals surface area contributed by atoms with Crippen molar-refractivity contribution in [3.8, 4) is 0 Å². The molecule has 3 N–H and O–H groups in total. The Morgan fingerprint density at radius 3 is 2.29 bits per heavy atom. The highest BCUT2D eigenvalue weighted by Gasteiger charge is 2.08. The van der Waals surface area contributed by atoms with Gasteiger partial charge >= 0.3 is 0 Å². The molecule has 0 heterocycles. The maximum absolute atomic E-state index is 13.6. The molecule has 0 atom stereocenters. The van der Waals surface area contributed by atoms with Crippen LogP contribution in [0.2, 0.25) is 0 Å². The van der Waals surface area contributed by atoms with Crippen LogP contribution in [-0.4, -0.2) is 5.91 Å². The maximum Gasteiger partial charge on any atom is 0.251 e. The van der Waals surface area contributed by atoms with Gasteiger partial charge in [0.2, 0.25) is 0 Å². The van der Waals surface area contributed by atoms with E-state index in [-0.39, 0.29) is 11.7 Å². The van der Waals surface area contributed by atoms with Crippen molar-refractivity contribution in [3.05, 3.63) is 64.0 Å². The zero-order chi connectivity index (χ0) is 15.6. The van der Waals surface area contributed by atoms with E-state index in [0.717, 1.165) is 11.1 Å². The number of nitrogen functional groups attached to an aromatic ring is 1. The standard InChI is InChI=1S/C17H19FN2O/c1-10-4-14(8-15(19)5-10)17(21)20-9-13-6-11(2)16(18)12(3)7-13/h4-8H,9,19H2,1-3H3,(H,20,21). The number of amides is 1. The average Bonchev–Trinajstić information content (AvgIpc) is 2.40. The minimum atomic E-state index is -0.198. The topological polar surface area (TPSA) is 55.1 Å². The molecule has 3 nitrogen and oxygen atoms in total. The second kappa shape index (κ2) is 5.95. The molecule has 0 saturated carbocycles. The fourth-order valence-corrected chi connectivity index (χ4v) is 2.37. The summed E-state index contributed by atoms with van der Waals surface area (Å²) in [7, 11) is 0. The number of halogens is 1. The van der Waals surface area contributed by atoms with Crippen molar-refractivity contribution in [2.75, 3.05) is 5.73 Å². The third kappa shape index (κ3) is 3.60. The van der Waals surface area contributed by atoms with E-state index in [1.54, 1.807) is 38.1 Å². The molecule has 0 radical (unpaired) electrons. The van der Waals surface area contributed by atoms with Crippen LogP contribution in [0.4, 0.5) is 10.1 Å². The number of carbonyl (C=O) groups excluding carboxylic acids is 1. The molecular weight excluding hydrogens is 267 g/mol. The van der Waals surface area contributed by atoms with E-state index in [4.69, 9.17) is 5.73 Å². The molecule has 0 aliphatic carbocycles. The van der Waals surface area contributed by atoms with Gasteiger partial charge in [0.25, 0.3) is 5.91 Å². The predicted molar refractivity (Wildman–Crippen MR) is 82.6 cm³/mol. The van der Waals surface area contributed by atoms with Gasteiger partial charge in [0, 0.05) is 17.8 Å². The average molecular weight is 286 g/mol. The number of hydrogen-bond acceptors (Lipinski definition) is 2. The second-order valence-corrected chi connectivity index (χ2v) is 5.36. The largest absolute Gasteiger partial charge is 0.399 e. The summed E-state index contributed by atoms with van der Waals surface area (Å²) in [6, 6.07) is 8.72. The number of carbonyl (C=O) groups is 1. The summed E-state index contributed by atoms with van der Waals surface area (Å²) in [5.41, 5.74) is 9.81. The molecule has 0 spiro atoms. The van der Waals surface area contributed by atoms with Crippen molar-refractivity contribution in [2.45, 2.75) is 27.3 Å². The first kappa shape index (κ1) is 15.0. The third-order valence-corrected chi connectivity index (χ3v) is 3.31. The normalized spacial score (nSPS) is 10.5. The van der Waals surface area contributed by atoms with Gasteiger partial charge in [-0.3, -0.25) is 4.79 Å². The van der Waals surface area contributed by atoms with E-state index in [9.17, 15) is 9.18 Å². The lowest BCUT2D eigenvalue weighted by Gasteiger charge is -2.09. The number of benzene rings is 2. The fourth-order valence-electron chi connectivity index (χ4n) is 2.37. The highest BCUT2D eigenvalue weighted by atomic mass is 19.1. The van der Waals surface area contributed by atoms with Crippen LogP contribution in [0.3, 0.4) is 0 Å².